The highest BCUT2D eigenvalue weighted by Gasteiger charge is 2.12. The van der Waals surface area contributed by atoms with E-state index in [1.165, 1.54) is 23.1 Å². The fraction of sp³-hybridized carbons (Fsp3) is 0. The Hall–Kier alpha value is -3.86. The van der Waals surface area contributed by atoms with E-state index in [0.717, 1.165) is 6.20 Å². The van der Waals surface area contributed by atoms with Crippen LogP contribution in [-0.4, -0.2) is 24.6 Å². The van der Waals surface area contributed by atoms with Crippen LogP contribution in [0.3, 0.4) is 0 Å². The van der Waals surface area contributed by atoms with Crippen LogP contribution in [0.25, 0.3) is 17.0 Å². The molecule has 0 unspecified atom stereocenters. The molecule has 25 heavy (non-hydrogen) atoms. The van der Waals surface area contributed by atoms with Crippen molar-refractivity contribution in [1.29, 1.82) is 5.26 Å². The normalized spacial score (nSPS) is 10.6. The van der Waals surface area contributed by atoms with Gasteiger partial charge < -0.3 is 4.74 Å². The van der Waals surface area contributed by atoms with E-state index >= 15 is 0 Å². The lowest BCUT2D eigenvalue weighted by Gasteiger charge is -2.09. The van der Waals surface area contributed by atoms with E-state index in [1.54, 1.807) is 30.3 Å². The maximum Gasteiger partial charge on any atom is 0.255 e. The third kappa shape index (κ3) is 2.86. The molecule has 4 rings (SSSR count). The van der Waals surface area contributed by atoms with Crippen molar-refractivity contribution in [3.8, 4) is 29.0 Å². The fourth-order valence-corrected chi connectivity index (χ4v) is 2.28. The van der Waals surface area contributed by atoms with Gasteiger partial charge in [-0.05, 0) is 30.3 Å². The highest BCUT2D eigenvalue weighted by molar-refractivity contribution is 5.61. The summed E-state index contributed by atoms with van der Waals surface area (Å²) in [4.78, 5) is 12.2. The lowest BCUT2D eigenvalue weighted by molar-refractivity contribution is 0.446. The number of halogens is 1. The Labute approximate surface area is 141 Å². The lowest BCUT2D eigenvalue weighted by atomic mass is 10.2. The lowest BCUT2D eigenvalue weighted by Crippen LogP contribution is -2.00. The van der Waals surface area contributed by atoms with Crippen LogP contribution in [0.1, 0.15) is 5.56 Å². The van der Waals surface area contributed by atoms with Crippen LogP contribution in [-0.2, 0) is 0 Å². The Balaban J connectivity index is 1.79. The van der Waals surface area contributed by atoms with Gasteiger partial charge in [-0.15, -0.1) is 0 Å². The number of nitrogens with zero attached hydrogens (tertiary/aromatic N) is 6. The van der Waals surface area contributed by atoms with E-state index in [2.05, 4.69) is 20.1 Å². The minimum Gasteiger partial charge on any atom is -0.439 e. The van der Waals surface area contributed by atoms with E-state index in [9.17, 15) is 4.39 Å². The summed E-state index contributed by atoms with van der Waals surface area (Å²) in [6.07, 6.45) is 3.97. The topological polar surface area (TPSA) is 89.0 Å². The number of rotatable bonds is 3. The molecule has 120 valence electrons. The Morgan fingerprint density at radius 1 is 1.12 bits per heavy atom. The van der Waals surface area contributed by atoms with Crippen LogP contribution in [0, 0.1) is 17.1 Å². The van der Waals surface area contributed by atoms with Crippen LogP contribution < -0.4 is 4.74 Å². The number of aromatic nitrogens is 5. The largest absolute Gasteiger partial charge is 0.439 e. The number of benzene rings is 1. The average molecular weight is 332 g/mol. The quantitative estimate of drug-likeness (QED) is 0.573. The molecule has 0 saturated heterocycles. The maximum absolute atomic E-state index is 13.4. The smallest absolute Gasteiger partial charge is 0.255 e. The molecule has 7 nitrogen and oxygen atoms in total. The van der Waals surface area contributed by atoms with Gasteiger partial charge in [0.1, 0.15) is 17.9 Å². The van der Waals surface area contributed by atoms with E-state index in [-0.39, 0.29) is 0 Å². The van der Waals surface area contributed by atoms with Crippen molar-refractivity contribution in [2.45, 2.75) is 0 Å². The minimum absolute atomic E-state index is 0.311. The van der Waals surface area contributed by atoms with Gasteiger partial charge in [-0.3, -0.25) is 4.98 Å². The summed E-state index contributed by atoms with van der Waals surface area (Å²) in [5.74, 6) is 0.720. The number of hydrogen-bond acceptors (Lipinski definition) is 6. The first-order valence-electron chi connectivity index (χ1n) is 7.23. The van der Waals surface area contributed by atoms with Gasteiger partial charge in [-0.25, -0.2) is 9.37 Å². The molecule has 0 aliphatic heterocycles. The van der Waals surface area contributed by atoms with Gasteiger partial charge in [0.25, 0.3) is 5.78 Å². The minimum atomic E-state index is -0.463. The zero-order valence-corrected chi connectivity index (χ0v) is 12.7. The molecule has 3 heterocycles. The van der Waals surface area contributed by atoms with Crippen LogP contribution in [0.2, 0.25) is 0 Å². The Morgan fingerprint density at radius 3 is 2.72 bits per heavy atom. The van der Waals surface area contributed by atoms with Crippen LogP contribution in [0.5, 0.6) is 11.6 Å². The van der Waals surface area contributed by atoms with Gasteiger partial charge in [0, 0.05) is 17.8 Å². The summed E-state index contributed by atoms with van der Waals surface area (Å²) in [5.41, 5.74) is 1.48. The number of ether oxygens (including phenoxy) is 1. The molecular formula is C17H9FN6O. The molecule has 4 aromatic rings. The number of fused-ring (bicyclic) bond motifs is 1. The summed E-state index contributed by atoms with van der Waals surface area (Å²) in [7, 11) is 0. The molecule has 0 saturated carbocycles. The zero-order chi connectivity index (χ0) is 17.2. The van der Waals surface area contributed by atoms with Crippen molar-refractivity contribution in [2.24, 2.45) is 0 Å². The molecule has 0 aliphatic rings. The van der Waals surface area contributed by atoms with Gasteiger partial charge in [0.05, 0.1) is 23.5 Å². The Bertz CT molecular complexity index is 1100. The number of nitriles is 1. The van der Waals surface area contributed by atoms with Crippen molar-refractivity contribution in [1.82, 2.24) is 24.6 Å². The van der Waals surface area contributed by atoms with Crippen molar-refractivity contribution in [3.63, 3.8) is 0 Å². The SMILES string of the molecule is N#Cc1ccc(Oc2cc(-c3cncc(F)c3)nc3ncnn23)cc1. The van der Waals surface area contributed by atoms with Gasteiger partial charge >= 0.3 is 0 Å². The second kappa shape index (κ2) is 5.98. The van der Waals surface area contributed by atoms with Gasteiger partial charge in [-0.2, -0.15) is 19.9 Å². The average Bonchev–Trinajstić information content (AvgIpc) is 3.11. The first-order valence-corrected chi connectivity index (χ1v) is 7.23. The summed E-state index contributed by atoms with van der Waals surface area (Å²) in [5, 5.41) is 12.9. The highest BCUT2D eigenvalue weighted by atomic mass is 19.1. The molecule has 8 heteroatoms. The van der Waals surface area contributed by atoms with E-state index in [4.69, 9.17) is 10.00 Å². The van der Waals surface area contributed by atoms with Crippen LogP contribution in [0.4, 0.5) is 4.39 Å². The standard InChI is InChI=1S/C17H9FN6O/c18-13-5-12(8-20-9-13)15-6-16(24-17(23-15)21-10-22-24)25-14-3-1-11(7-19)2-4-14/h1-6,8-10H. The summed E-state index contributed by atoms with van der Waals surface area (Å²) >= 11 is 0. The molecule has 0 spiro atoms. The first kappa shape index (κ1) is 14.7. The number of hydrogen-bond donors (Lipinski definition) is 0. The predicted octanol–water partition coefficient (Wildman–Crippen LogP) is 2.99. The van der Waals surface area contributed by atoms with E-state index < -0.39 is 5.82 Å². The molecule has 1 aromatic carbocycles. The van der Waals surface area contributed by atoms with Gasteiger partial charge in [0.15, 0.2) is 0 Å². The van der Waals surface area contributed by atoms with E-state index in [0.29, 0.717) is 34.2 Å². The molecule has 0 bridgehead atoms. The monoisotopic (exact) mass is 332 g/mol. The second-order valence-electron chi connectivity index (χ2n) is 5.08. The van der Waals surface area contributed by atoms with Crippen LogP contribution >= 0.6 is 0 Å². The zero-order valence-electron chi connectivity index (χ0n) is 12.7. The van der Waals surface area contributed by atoms with Crippen molar-refractivity contribution >= 4 is 5.78 Å². The third-order valence-electron chi connectivity index (χ3n) is 3.43. The number of pyridine rings is 1. The fourth-order valence-electron chi connectivity index (χ4n) is 2.28. The van der Waals surface area contributed by atoms with Crippen molar-refractivity contribution in [2.75, 3.05) is 0 Å². The second-order valence-corrected chi connectivity index (χ2v) is 5.08. The molecule has 3 aromatic heterocycles. The van der Waals surface area contributed by atoms with Gasteiger partial charge in [-0.1, -0.05) is 0 Å². The summed E-state index contributed by atoms with van der Waals surface area (Å²) in [6, 6.07) is 11.6. The first-order chi connectivity index (χ1) is 12.2. The maximum atomic E-state index is 13.4. The van der Waals surface area contributed by atoms with Crippen LogP contribution in [0.15, 0.2) is 55.1 Å². The Kier molecular flexibility index (Phi) is 3.52. The Morgan fingerprint density at radius 2 is 1.96 bits per heavy atom. The highest BCUT2D eigenvalue weighted by Crippen LogP contribution is 2.26. The molecule has 0 N–H and O–H groups in total. The third-order valence-corrected chi connectivity index (χ3v) is 3.43. The van der Waals surface area contributed by atoms with Crippen molar-refractivity contribution in [3.05, 3.63) is 66.5 Å². The molecule has 0 amide bonds. The predicted molar refractivity (Wildman–Crippen MR) is 85.2 cm³/mol. The molecule has 0 aliphatic carbocycles. The molecule has 0 radical (unpaired) electrons. The van der Waals surface area contributed by atoms with Crippen molar-refractivity contribution < 1.29 is 9.13 Å². The summed E-state index contributed by atoms with van der Waals surface area (Å²) < 4.78 is 20.7. The van der Waals surface area contributed by atoms with Gasteiger partial charge in [0.2, 0.25) is 5.88 Å². The summed E-state index contributed by atoms with van der Waals surface area (Å²) in [6.45, 7) is 0. The molecular weight excluding hydrogens is 323 g/mol. The molecule has 0 atom stereocenters. The molecule has 0 fully saturated rings. The van der Waals surface area contributed by atoms with E-state index in [1.807, 2.05) is 6.07 Å².